The van der Waals surface area contributed by atoms with Gasteiger partial charge in [0.15, 0.2) is 5.78 Å². The van der Waals surface area contributed by atoms with Gasteiger partial charge in [0.25, 0.3) is 0 Å². The van der Waals surface area contributed by atoms with Crippen molar-refractivity contribution in [2.45, 2.75) is 32.3 Å². The van der Waals surface area contributed by atoms with Crippen molar-refractivity contribution in [3.05, 3.63) is 29.8 Å². The van der Waals surface area contributed by atoms with Crippen LogP contribution in [-0.4, -0.2) is 34.8 Å². The highest BCUT2D eigenvalue weighted by Gasteiger charge is 2.29. The van der Waals surface area contributed by atoms with Gasteiger partial charge in [-0.25, -0.2) is 0 Å². The summed E-state index contributed by atoms with van der Waals surface area (Å²) >= 11 is 0. The standard InChI is InChI=1S/C14H20O4/c1-3-8-14(2,17)13(16)11-4-6-12(7-5-11)18-10-9-15/h4-7,15,17H,3,8-10H2,1-2H3. The van der Waals surface area contributed by atoms with Gasteiger partial charge in [-0.15, -0.1) is 0 Å². The maximum atomic E-state index is 12.1. The van der Waals surface area contributed by atoms with E-state index in [2.05, 4.69) is 0 Å². The Morgan fingerprint density at radius 1 is 1.33 bits per heavy atom. The largest absolute Gasteiger partial charge is 0.491 e. The molecular formula is C14H20O4. The summed E-state index contributed by atoms with van der Waals surface area (Å²) in [7, 11) is 0. The molecule has 0 saturated heterocycles. The Morgan fingerprint density at radius 3 is 2.44 bits per heavy atom. The van der Waals surface area contributed by atoms with Gasteiger partial charge in [0.05, 0.1) is 6.61 Å². The van der Waals surface area contributed by atoms with Gasteiger partial charge in [-0.3, -0.25) is 4.79 Å². The zero-order valence-corrected chi connectivity index (χ0v) is 10.8. The zero-order chi connectivity index (χ0) is 13.6. The summed E-state index contributed by atoms with van der Waals surface area (Å²) in [5, 5.41) is 18.7. The first-order valence-electron chi connectivity index (χ1n) is 6.12. The Labute approximate surface area is 107 Å². The monoisotopic (exact) mass is 252 g/mol. The molecule has 0 spiro atoms. The third-order valence-electron chi connectivity index (χ3n) is 2.70. The van der Waals surface area contributed by atoms with Crippen LogP contribution < -0.4 is 4.74 Å². The third-order valence-corrected chi connectivity index (χ3v) is 2.70. The average molecular weight is 252 g/mol. The number of Topliss-reactive ketones (excluding diaryl/α,β-unsaturated/α-hetero) is 1. The predicted octanol–water partition coefficient (Wildman–Crippen LogP) is 1.79. The maximum absolute atomic E-state index is 12.1. The lowest BCUT2D eigenvalue weighted by atomic mass is 9.91. The van der Waals surface area contributed by atoms with Gasteiger partial charge in [0.1, 0.15) is 18.0 Å². The molecule has 0 aliphatic heterocycles. The highest BCUT2D eigenvalue weighted by Crippen LogP contribution is 2.20. The van der Waals surface area contributed by atoms with Crippen LogP contribution >= 0.6 is 0 Å². The molecule has 0 amide bonds. The number of carbonyl (C=O) groups excluding carboxylic acids is 1. The number of aliphatic hydroxyl groups is 2. The van der Waals surface area contributed by atoms with Gasteiger partial charge >= 0.3 is 0 Å². The van der Waals surface area contributed by atoms with E-state index in [4.69, 9.17) is 9.84 Å². The van der Waals surface area contributed by atoms with E-state index in [-0.39, 0.29) is 19.0 Å². The average Bonchev–Trinajstić information content (AvgIpc) is 2.36. The lowest BCUT2D eigenvalue weighted by Gasteiger charge is -2.21. The SMILES string of the molecule is CCCC(C)(O)C(=O)c1ccc(OCCO)cc1. The molecule has 1 rings (SSSR count). The minimum absolute atomic E-state index is 0.0497. The molecular weight excluding hydrogens is 232 g/mol. The van der Waals surface area contributed by atoms with Gasteiger partial charge in [0, 0.05) is 5.56 Å². The summed E-state index contributed by atoms with van der Waals surface area (Å²) in [6.45, 7) is 3.63. The molecule has 18 heavy (non-hydrogen) atoms. The van der Waals surface area contributed by atoms with E-state index >= 15 is 0 Å². The molecule has 0 bridgehead atoms. The number of hydrogen-bond acceptors (Lipinski definition) is 4. The molecule has 0 saturated carbocycles. The van der Waals surface area contributed by atoms with E-state index in [1.807, 2.05) is 6.92 Å². The number of aliphatic hydroxyl groups excluding tert-OH is 1. The van der Waals surface area contributed by atoms with Crippen molar-refractivity contribution in [2.24, 2.45) is 0 Å². The van der Waals surface area contributed by atoms with Crippen LogP contribution in [0, 0.1) is 0 Å². The number of benzene rings is 1. The molecule has 0 heterocycles. The summed E-state index contributed by atoms with van der Waals surface area (Å²) in [6.07, 6.45) is 1.19. The predicted molar refractivity (Wildman–Crippen MR) is 68.9 cm³/mol. The first-order chi connectivity index (χ1) is 8.51. The summed E-state index contributed by atoms with van der Waals surface area (Å²) in [6, 6.07) is 6.56. The van der Waals surface area contributed by atoms with Gasteiger partial charge in [-0.05, 0) is 37.6 Å². The normalized spacial score (nSPS) is 14.0. The minimum atomic E-state index is -1.32. The molecule has 100 valence electrons. The fourth-order valence-corrected chi connectivity index (χ4v) is 1.78. The number of rotatable bonds is 7. The smallest absolute Gasteiger partial charge is 0.194 e. The molecule has 0 aromatic heterocycles. The van der Waals surface area contributed by atoms with Crippen LogP contribution in [0.4, 0.5) is 0 Å². The van der Waals surface area contributed by atoms with Gasteiger partial charge in [-0.1, -0.05) is 13.3 Å². The van der Waals surface area contributed by atoms with E-state index in [0.29, 0.717) is 17.7 Å². The van der Waals surface area contributed by atoms with Gasteiger partial charge in [-0.2, -0.15) is 0 Å². The Kier molecular flexibility index (Phi) is 5.31. The molecule has 1 aromatic rings. The topological polar surface area (TPSA) is 66.8 Å². The van der Waals surface area contributed by atoms with Crippen LogP contribution in [-0.2, 0) is 0 Å². The quantitative estimate of drug-likeness (QED) is 0.726. The van der Waals surface area contributed by atoms with Crippen LogP contribution in [0.5, 0.6) is 5.75 Å². The first-order valence-corrected chi connectivity index (χ1v) is 6.12. The van der Waals surface area contributed by atoms with E-state index in [0.717, 1.165) is 6.42 Å². The lowest BCUT2D eigenvalue weighted by Crippen LogP contribution is -2.34. The second-order valence-corrected chi connectivity index (χ2v) is 4.45. The molecule has 0 aliphatic carbocycles. The van der Waals surface area contributed by atoms with E-state index in [1.54, 1.807) is 24.3 Å². The van der Waals surface area contributed by atoms with Crippen LogP contribution in [0.25, 0.3) is 0 Å². The minimum Gasteiger partial charge on any atom is -0.491 e. The number of hydrogen-bond donors (Lipinski definition) is 2. The molecule has 2 N–H and O–H groups in total. The van der Waals surface area contributed by atoms with Crippen molar-refractivity contribution in [1.82, 2.24) is 0 Å². The van der Waals surface area contributed by atoms with Crippen LogP contribution in [0.15, 0.2) is 24.3 Å². The van der Waals surface area contributed by atoms with Crippen LogP contribution in [0.1, 0.15) is 37.0 Å². The Balaban J connectivity index is 2.75. The van der Waals surface area contributed by atoms with Crippen molar-refractivity contribution in [3.63, 3.8) is 0 Å². The molecule has 0 fully saturated rings. The number of ether oxygens (including phenoxy) is 1. The second kappa shape index (κ2) is 6.52. The van der Waals surface area contributed by atoms with Crippen molar-refractivity contribution in [3.8, 4) is 5.75 Å². The number of carbonyl (C=O) groups is 1. The fourth-order valence-electron chi connectivity index (χ4n) is 1.78. The summed E-state index contributed by atoms with van der Waals surface area (Å²) in [5.74, 6) is 0.314. The molecule has 4 heteroatoms. The summed E-state index contributed by atoms with van der Waals surface area (Å²) in [5.41, 5.74) is -0.854. The first kappa shape index (κ1) is 14.7. The second-order valence-electron chi connectivity index (χ2n) is 4.45. The van der Waals surface area contributed by atoms with Crippen molar-refractivity contribution >= 4 is 5.78 Å². The van der Waals surface area contributed by atoms with Crippen LogP contribution in [0.2, 0.25) is 0 Å². The van der Waals surface area contributed by atoms with E-state index < -0.39 is 5.60 Å². The third kappa shape index (κ3) is 3.82. The highest BCUT2D eigenvalue weighted by atomic mass is 16.5. The van der Waals surface area contributed by atoms with Gasteiger partial charge < -0.3 is 14.9 Å². The fraction of sp³-hybridized carbons (Fsp3) is 0.500. The Bertz CT molecular complexity index is 381. The van der Waals surface area contributed by atoms with Crippen molar-refractivity contribution in [2.75, 3.05) is 13.2 Å². The molecule has 0 aliphatic rings. The van der Waals surface area contributed by atoms with Crippen molar-refractivity contribution in [1.29, 1.82) is 0 Å². The summed E-state index contributed by atoms with van der Waals surface area (Å²) in [4.78, 5) is 12.1. The highest BCUT2D eigenvalue weighted by molar-refractivity contribution is 6.02. The Morgan fingerprint density at radius 2 is 1.94 bits per heavy atom. The Hall–Kier alpha value is -1.39. The van der Waals surface area contributed by atoms with E-state index in [1.165, 1.54) is 6.92 Å². The zero-order valence-electron chi connectivity index (χ0n) is 10.8. The molecule has 1 atom stereocenters. The summed E-state index contributed by atoms with van der Waals surface area (Å²) < 4.78 is 5.20. The molecule has 0 radical (unpaired) electrons. The van der Waals surface area contributed by atoms with E-state index in [9.17, 15) is 9.90 Å². The molecule has 4 nitrogen and oxygen atoms in total. The van der Waals surface area contributed by atoms with Gasteiger partial charge in [0.2, 0.25) is 0 Å². The molecule has 1 unspecified atom stereocenters. The van der Waals surface area contributed by atoms with Crippen molar-refractivity contribution < 1.29 is 19.7 Å². The maximum Gasteiger partial charge on any atom is 0.194 e. The molecule has 1 aromatic carbocycles. The van der Waals surface area contributed by atoms with Crippen LogP contribution in [0.3, 0.4) is 0 Å². The lowest BCUT2D eigenvalue weighted by molar-refractivity contribution is 0.0364. The number of ketones is 1.